The van der Waals surface area contributed by atoms with Crippen molar-refractivity contribution in [1.29, 1.82) is 0 Å². The molecule has 0 aliphatic carbocycles. The lowest BCUT2D eigenvalue weighted by Crippen LogP contribution is -2.37. The Morgan fingerprint density at radius 1 is 1.36 bits per heavy atom. The number of thiophene rings is 1. The average Bonchev–Trinajstić information content (AvgIpc) is 3.00. The summed E-state index contributed by atoms with van der Waals surface area (Å²) in [7, 11) is 0. The molecule has 3 aromatic rings. The predicted molar refractivity (Wildman–Crippen MR) is 101 cm³/mol. The summed E-state index contributed by atoms with van der Waals surface area (Å²) >= 11 is 2.75. The van der Waals surface area contributed by atoms with Crippen molar-refractivity contribution >= 4 is 39.2 Å². The van der Waals surface area contributed by atoms with Gasteiger partial charge in [-0.05, 0) is 35.4 Å². The van der Waals surface area contributed by atoms with Gasteiger partial charge in [-0.2, -0.15) is 0 Å². The molecule has 0 unspecified atom stereocenters. The van der Waals surface area contributed by atoms with Gasteiger partial charge in [0.2, 0.25) is 5.91 Å². The molecule has 7 heteroatoms. The summed E-state index contributed by atoms with van der Waals surface area (Å²) in [5.41, 5.74) is 3.34. The molecule has 0 fully saturated rings. The topological polar surface area (TPSA) is 66.1 Å². The number of nitrogens with one attached hydrogen (secondary N) is 1. The van der Waals surface area contributed by atoms with Gasteiger partial charge in [0.15, 0.2) is 5.16 Å². The third kappa shape index (κ3) is 3.21. The van der Waals surface area contributed by atoms with E-state index in [0.717, 1.165) is 23.4 Å². The van der Waals surface area contributed by atoms with Crippen LogP contribution >= 0.6 is 23.1 Å². The van der Waals surface area contributed by atoms with E-state index in [9.17, 15) is 9.59 Å². The highest BCUT2D eigenvalue weighted by atomic mass is 32.2. The Hall–Kier alpha value is -2.12. The standard InChI is InChI=1S/C18H17N3O2S2/c1-11-9-24-17-15(11)16(23)19-18(20-17)25-10-14(22)21-7-6-12-4-2-3-5-13(12)8-21/h2-5,9H,6-8,10H2,1H3,(H,19,20,23). The number of amides is 1. The van der Waals surface area contributed by atoms with E-state index in [1.165, 1.54) is 34.2 Å². The van der Waals surface area contributed by atoms with Gasteiger partial charge in [-0.15, -0.1) is 11.3 Å². The molecule has 128 valence electrons. The fourth-order valence-corrected chi connectivity index (χ4v) is 4.81. The molecule has 1 aliphatic heterocycles. The zero-order valence-corrected chi connectivity index (χ0v) is 15.4. The molecule has 0 saturated carbocycles. The fraction of sp³-hybridized carbons (Fsp3) is 0.278. The molecule has 1 aromatic carbocycles. The number of carbonyl (C=O) groups excluding carboxylic acids is 1. The second kappa shape index (κ2) is 6.65. The molecule has 1 aliphatic rings. The van der Waals surface area contributed by atoms with Crippen LogP contribution in [0.1, 0.15) is 16.7 Å². The van der Waals surface area contributed by atoms with Crippen LogP contribution in [0.4, 0.5) is 0 Å². The Morgan fingerprint density at radius 2 is 2.16 bits per heavy atom. The number of carbonyl (C=O) groups is 1. The minimum atomic E-state index is -0.134. The minimum Gasteiger partial charge on any atom is -0.337 e. The molecular formula is C18H17N3O2S2. The maximum Gasteiger partial charge on any atom is 0.260 e. The first-order valence-corrected chi connectivity index (χ1v) is 9.94. The van der Waals surface area contributed by atoms with Crippen LogP contribution in [0, 0.1) is 6.92 Å². The van der Waals surface area contributed by atoms with E-state index >= 15 is 0 Å². The summed E-state index contributed by atoms with van der Waals surface area (Å²) in [5.74, 6) is 0.352. The Labute approximate surface area is 153 Å². The maximum atomic E-state index is 12.5. The van der Waals surface area contributed by atoms with Crippen molar-refractivity contribution in [3.8, 4) is 0 Å². The highest BCUT2D eigenvalue weighted by molar-refractivity contribution is 7.99. The zero-order valence-electron chi connectivity index (χ0n) is 13.7. The number of aromatic nitrogens is 2. The van der Waals surface area contributed by atoms with Gasteiger partial charge in [0.25, 0.3) is 5.56 Å². The van der Waals surface area contributed by atoms with Gasteiger partial charge in [0, 0.05) is 13.1 Å². The number of hydrogen-bond acceptors (Lipinski definition) is 5. The molecule has 25 heavy (non-hydrogen) atoms. The van der Waals surface area contributed by atoms with E-state index < -0.39 is 0 Å². The first kappa shape index (κ1) is 16.4. The first-order chi connectivity index (χ1) is 12.1. The molecule has 0 atom stereocenters. The zero-order chi connectivity index (χ0) is 17.4. The van der Waals surface area contributed by atoms with E-state index in [2.05, 4.69) is 22.1 Å². The number of H-pyrrole nitrogens is 1. The summed E-state index contributed by atoms with van der Waals surface area (Å²) < 4.78 is 0. The van der Waals surface area contributed by atoms with Crippen LogP contribution in [-0.2, 0) is 17.8 Å². The smallest absolute Gasteiger partial charge is 0.260 e. The van der Waals surface area contributed by atoms with E-state index in [1.807, 2.05) is 29.3 Å². The Kier molecular flexibility index (Phi) is 4.35. The summed E-state index contributed by atoms with van der Waals surface area (Å²) in [6.45, 7) is 3.30. The van der Waals surface area contributed by atoms with Gasteiger partial charge in [-0.1, -0.05) is 36.0 Å². The van der Waals surface area contributed by atoms with E-state index in [-0.39, 0.29) is 17.2 Å². The summed E-state index contributed by atoms with van der Waals surface area (Å²) in [5, 5.41) is 3.08. The molecule has 0 bridgehead atoms. The molecule has 0 saturated heterocycles. The largest absolute Gasteiger partial charge is 0.337 e. The van der Waals surface area contributed by atoms with Crippen molar-refractivity contribution in [3.63, 3.8) is 0 Å². The van der Waals surface area contributed by atoms with E-state index in [1.54, 1.807) is 0 Å². The van der Waals surface area contributed by atoms with Gasteiger partial charge in [-0.25, -0.2) is 4.98 Å². The lowest BCUT2D eigenvalue weighted by Gasteiger charge is -2.28. The number of nitrogens with zero attached hydrogens (tertiary/aromatic N) is 2. The Bertz CT molecular complexity index is 1010. The summed E-state index contributed by atoms with van der Waals surface area (Å²) in [4.78, 5) is 34.5. The van der Waals surface area contributed by atoms with Gasteiger partial charge < -0.3 is 9.88 Å². The highest BCUT2D eigenvalue weighted by Crippen LogP contribution is 2.23. The molecule has 0 radical (unpaired) electrons. The van der Waals surface area contributed by atoms with Crippen LogP contribution < -0.4 is 5.56 Å². The van der Waals surface area contributed by atoms with Gasteiger partial charge >= 0.3 is 0 Å². The number of aromatic amines is 1. The third-order valence-electron chi connectivity index (χ3n) is 4.42. The first-order valence-electron chi connectivity index (χ1n) is 8.07. The van der Waals surface area contributed by atoms with Crippen molar-refractivity contribution < 1.29 is 4.79 Å². The molecule has 5 nitrogen and oxygen atoms in total. The number of thioether (sulfide) groups is 1. The Balaban J connectivity index is 1.45. The molecular weight excluding hydrogens is 354 g/mol. The SMILES string of the molecule is Cc1csc2nc(SCC(=O)N3CCc4ccccc4C3)[nH]c(=O)c12. The molecule has 4 rings (SSSR count). The number of rotatable bonds is 3. The van der Waals surface area contributed by atoms with Gasteiger partial charge in [0.05, 0.1) is 11.1 Å². The summed E-state index contributed by atoms with van der Waals surface area (Å²) in [6.07, 6.45) is 0.891. The lowest BCUT2D eigenvalue weighted by atomic mass is 10.00. The second-order valence-corrected chi connectivity index (χ2v) is 7.91. The van der Waals surface area contributed by atoms with Crippen molar-refractivity contribution in [2.24, 2.45) is 0 Å². The predicted octanol–water partition coefficient (Wildman–Crippen LogP) is 2.97. The molecule has 0 spiro atoms. The van der Waals surface area contributed by atoms with Crippen LogP contribution in [0.3, 0.4) is 0 Å². The van der Waals surface area contributed by atoms with Crippen molar-refractivity contribution in [2.45, 2.75) is 25.0 Å². The van der Waals surface area contributed by atoms with Gasteiger partial charge in [-0.3, -0.25) is 9.59 Å². The molecule has 1 amide bonds. The van der Waals surface area contributed by atoms with Crippen LogP contribution in [0.5, 0.6) is 0 Å². The van der Waals surface area contributed by atoms with Crippen LogP contribution in [0.15, 0.2) is 39.6 Å². The van der Waals surface area contributed by atoms with Crippen molar-refractivity contribution in [1.82, 2.24) is 14.9 Å². The van der Waals surface area contributed by atoms with E-state index in [0.29, 0.717) is 17.1 Å². The highest BCUT2D eigenvalue weighted by Gasteiger charge is 2.20. The lowest BCUT2D eigenvalue weighted by molar-refractivity contribution is -0.129. The van der Waals surface area contributed by atoms with Crippen LogP contribution in [-0.4, -0.2) is 33.1 Å². The summed E-state index contributed by atoms with van der Waals surface area (Å²) in [6, 6.07) is 8.25. The van der Waals surface area contributed by atoms with Crippen molar-refractivity contribution in [2.75, 3.05) is 12.3 Å². The fourth-order valence-electron chi connectivity index (χ4n) is 3.07. The molecule has 2 aromatic heterocycles. The number of hydrogen-bond donors (Lipinski definition) is 1. The third-order valence-corrected chi connectivity index (χ3v) is 6.27. The van der Waals surface area contributed by atoms with Crippen molar-refractivity contribution in [3.05, 3.63) is 56.7 Å². The minimum absolute atomic E-state index is 0.0737. The number of aryl methyl sites for hydroxylation is 1. The van der Waals surface area contributed by atoms with E-state index in [4.69, 9.17) is 0 Å². The second-order valence-electron chi connectivity index (χ2n) is 6.09. The Morgan fingerprint density at radius 3 is 3.00 bits per heavy atom. The van der Waals surface area contributed by atoms with Crippen LogP contribution in [0.25, 0.3) is 10.2 Å². The van der Waals surface area contributed by atoms with Crippen LogP contribution in [0.2, 0.25) is 0 Å². The normalized spacial score (nSPS) is 13.9. The monoisotopic (exact) mass is 371 g/mol. The number of benzene rings is 1. The van der Waals surface area contributed by atoms with Gasteiger partial charge in [0.1, 0.15) is 4.83 Å². The molecule has 1 N–H and O–H groups in total. The number of fused-ring (bicyclic) bond motifs is 2. The quantitative estimate of drug-likeness (QED) is 0.568. The maximum absolute atomic E-state index is 12.5. The molecule has 3 heterocycles. The average molecular weight is 371 g/mol.